The number of aromatic nitrogens is 2. The van der Waals surface area contributed by atoms with Gasteiger partial charge < -0.3 is 14.6 Å². The number of anilines is 1. The molecule has 4 aromatic rings. The maximum absolute atomic E-state index is 12.5. The lowest BCUT2D eigenvalue weighted by molar-refractivity contribution is 0.0952. The highest BCUT2D eigenvalue weighted by Gasteiger charge is 2.19. The van der Waals surface area contributed by atoms with Gasteiger partial charge in [-0.15, -0.1) is 11.3 Å². The zero-order valence-corrected chi connectivity index (χ0v) is 16.2. The first-order valence-corrected chi connectivity index (χ1v) is 9.42. The van der Waals surface area contributed by atoms with Crippen molar-refractivity contribution >= 4 is 33.5 Å². The van der Waals surface area contributed by atoms with Gasteiger partial charge >= 0.3 is 0 Å². The summed E-state index contributed by atoms with van der Waals surface area (Å²) in [7, 11) is 3.93. The lowest BCUT2D eigenvalue weighted by Crippen LogP contribution is -2.21. The average Bonchev–Trinajstić information content (AvgIpc) is 3.36. The third-order valence-electron chi connectivity index (χ3n) is 4.24. The van der Waals surface area contributed by atoms with E-state index in [-0.39, 0.29) is 5.91 Å². The van der Waals surface area contributed by atoms with Gasteiger partial charge in [0, 0.05) is 19.8 Å². The zero-order valence-electron chi connectivity index (χ0n) is 15.4. The molecular weight excluding hydrogens is 360 g/mol. The van der Waals surface area contributed by atoms with Crippen LogP contribution >= 0.6 is 11.3 Å². The van der Waals surface area contributed by atoms with Crippen molar-refractivity contribution in [3.63, 3.8) is 0 Å². The molecule has 1 N–H and O–H groups in total. The Morgan fingerprint density at radius 2 is 2.04 bits per heavy atom. The fraction of sp³-hybridized carbons (Fsp3) is 0.200. The molecule has 0 saturated carbocycles. The highest BCUT2D eigenvalue weighted by Crippen LogP contribution is 2.32. The van der Waals surface area contributed by atoms with Crippen molar-refractivity contribution in [3.8, 4) is 5.69 Å². The molecule has 0 radical (unpaired) electrons. The first-order chi connectivity index (χ1) is 13.0. The predicted octanol–water partition coefficient (Wildman–Crippen LogP) is 3.98. The standard InChI is InChI=1S/C20H20N4O2S/c1-13-6-8-14(9-7-13)24-19-16(22-20(24)23(2)3)11-17(27-19)18(25)21-12-15-5-4-10-26-15/h4-11H,12H2,1-3H3,(H,21,25). The molecule has 7 heteroatoms. The van der Waals surface area contributed by atoms with E-state index >= 15 is 0 Å². The van der Waals surface area contributed by atoms with Gasteiger partial charge in [0.05, 0.1) is 17.7 Å². The highest BCUT2D eigenvalue weighted by atomic mass is 32.1. The molecule has 6 nitrogen and oxygen atoms in total. The number of benzene rings is 1. The molecule has 0 atom stereocenters. The van der Waals surface area contributed by atoms with E-state index in [2.05, 4.69) is 41.1 Å². The second-order valence-electron chi connectivity index (χ2n) is 6.54. The molecule has 0 aliphatic carbocycles. The van der Waals surface area contributed by atoms with Gasteiger partial charge in [0.15, 0.2) is 0 Å². The number of fused-ring (bicyclic) bond motifs is 1. The fourth-order valence-corrected chi connectivity index (χ4v) is 3.90. The molecule has 0 bridgehead atoms. The van der Waals surface area contributed by atoms with Crippen molar-refractivity contribution in [1.82, 2.24) is 14.9 Å². The average molecular weight is 380 g/mol. The van der Waals surface area contributed by atoms with E-state index in [1.54, 1.807) is 12.3 Å². The van der Waals surface area contributed by atoms with E-state index < -0.39 is 0 Å². The Labute approximate surface area is 161 Å². The van der Waals surface area contributed by atoms with Gasteiger partial charge in [-0.25, -0.2) is 4.98 Å². The van der Waals surface area contributed by atoms with Crippen molar-refractivity contribution in [2.24, 2.45) is 0 Å². The zero-order chi connectivity index (χ0) is 19.0. The number of hydrogen-bond donors (Lipinski definition) is 1. The van der Waals surface area contributed by atoms with E-state index in [1.165, 1.54) is 16.9 Å². The summed E-state index contributed by atoms with van der Waals surface area (Å²) in [5, 5.41) is 2.89. The number of carbonyl (C=O) groups excluding carboxylic acids is 1. The van der Waals surface area contributed by atoms with Crippen molar-refractivity contribution in [2.75, 3.05) is 19.0 Å². The van der Waals surface area contributed by atoms with Crippen LogP contribution in [0.1, 0.15) is 21.0 Å². The third-order valence-corrected chi connectivity index (χ3v) is 5.34. The number of imidazole rings is 1. The van der Waals surface area contributed by atoms with Gasteiger partial charge in [-0.2, -0.15) is 0 Å². The monoisotopic (exact) mass is 380 g/mol. The predicted molar refractivity (Wildman–Crippen MR) is 108 cm³/mol. The van der Waals surface area contributed by atoms with E-state index in [0.717, 1.165) is 27.7 Å². The normalized spacial score (nSPS) is 11.1. The number of carbonyl (C=O) groups is 1. The first kappa shape index (κ1) is 17.4. The lowest BCUT2D eigenvalue weighted by atomic mass is 10.2. The summed E-state index contributed by atoms with van der Waals surface area (Å²) in [4.78, 5) is 20.8. The number of nitrogens with zero attached hydrogens (tertiary/aromatic N) is 3. The van der Waals surface area contributed by atoms with E-state index in [1.807, 2.05) is 31.1 Å². The maximum Gasteiger partial charge on any atom is 0.261 e. The summed E-state index contributed by atoms with van der Waals surface area (Å²) in [6, 6.07) is 13.8. The Hall–Kier alpha value is -3.06. The van der Waals surface area contributed by atoms with Crippen molar-refractivity contribution in [3.05, 3.63) is 64.9 Å². The smallest absolute Gasteiger partial charge is 0.261 e. The summed E-state index contributed by atoms with van der Waals surface area (Å²) < 4.78 is 7.35. The first-order valence-electron chi connectivity index (χ1n) is 8.60. The van der Waals surface area contributed by atoms with Crippen LogP contribution in [0.4, 0.5) is 5.95 Å². The van der Waals surface area contributed by atoms with Crippen LogP contribution in [-0.4, -0.2) is 29.6 Å². The van der Waals surface area contributed by atoms with Crippen LogP contribution < -0.4 is 10.2 Å². The van der Waals surface area contributed by atoms with Crippen LogP contribution in [0.2, 0.25) is 0 Å². The van der Waals surface area contributed by atoms with E-state index in [4.69, 9.17) is 9.40 Å². The molecule has 3 heterocycles. The molecule has 4 rings (SSSR count). The van der Waals surface area contributed by atoms with Crippen molar-refractivity contribution in [2.45, 2.75) is 13.5 Å². The van der Waals surface area contributed by atoms with Crippen LogP contribution in [0, 0.1) is 6.92 Å². The molecule has 0 aliphatic heterocycles. The Morgan fingerprint density at radius 3 is 2.70 bits per heavy atom. The molecule has 0 fully saturated rings. The Morgan fingerprint density at radius 1 is 1.26 bits per heavy atom. The molecule has 27 heavy (non-hydrogen) atoms. The van der Waals surface area contributed by atoms with Crippen LogP contribution in [0.5, 0.6) is 0 Å². The topological polar surface area (TPSA) is 63.3 Å². The number of thiophene rings is 1. The molecule has 1 amide bonds. The van der Waals surface area contributed by atoms with Crippen molar-refractivity contribution in [1.29, 1.82) is 0 Å². The van der Waals surface area contributed by atoms with Gasteiger partial charge in [-0.1, -0.05) is 17.7 Å². The molecule has 138 valence electrons. The minimum Gasteiger partial charge on any atom is -0.467 e. The van der Waals surface area contributed by atoms with E-state index in [0.29, 0.717) is 11.4 Å². The molecular formula is C20H20N4O2S. The minimum atomic E-state index is -0.128. The molecule has 0 aliphatic rings. The Kier molecular flexibility index (Phi) is 4.45. The van der Waals surface area contributed by atoms with Gasteiger partial charge in [0.1, 0.15) is 16.1 Å². The quantitative estimate of drug-likeness (QED) is 0.569. The minimum absolute atomic E-state index is 0.128. The SMILES string of the molecule is Cc1ccc(-n2c(N(C)C)nc3cc(C(=O)NCc4ccco4)sc32)cc1. The van der Waals surface area contributed by atoms with Gasteiger partial charge in [0.25, 0.3) is 5.91 Å². The van der Waals surface area contributed by atoms with Crippen LogP contribution in [0.25, 0.3) is 16.0 Å². The second kappa shape index (κ2) is 6.92. The van der Waals surface area contributed by atoms with Gasteiger partial charge in [-0.3, -0.25) is 9.36 Å². The number of amides is 1. The van der Waals surface area contributed by atoms with Crippen LogP contribution in [-0.2, 0) is 6.54 Å². The number of aryl methyl sites for hydroxylation is 1. The molecule has 1 aromatic carbocycles. The summed E-state index contributed by atoms with van der Waals surface area (Å²) in [6.45, 7) is 2.43. The van der Waals surface area contributed by atoms with Crippen molar-refractivity contribution < 1.29 is 9.21 Å². The van der Waals surface area contributed by atoms with Crippen LogP contribution in [0.15, 0.2) is 53.1 Å². The maximum atomic E-state index is 12.5. The summed E-state index contributed by atoms with van der Waals surface area (Å²) in [5.41, 5.74) is 3.04. The summed E-state index contributed by atoms with van der Waals surface area (Å²) >= 11 is 1.44. The Balaban J connectivity index is 1.69. The van der Waals surface area contributed by atoms with Gasteiger partial charge in [-0.05, 0) is 37.3 Å². The number of hydrogen-bond acceptors (Lipinski definition) is 5. The third kappa shape index (κ3) is 3.33. The summed E-state index contributed by atoms with van der Waals surface area (Å²) in [5.74, 6) is 1.43. The largest absolute Gasteiger partial charge is 0.467 e. The molecule has 0 saturated heterocycles. The van der Waals surface area contributed by atoms with Crippen LogP contribution in [0.3, 0.4) is 0 Å². The fourth-order valence-electron chi connectivity index (χ4n) is 2.87. The molecule has 0 unspecified atom stereocenters. The van der Waals surface area contributed by atoms with E-state index in [9.17, 15) is 4.79 Å². The van der Waals surface area contributed by atoms with Gasteiger partial charge in [0.2, 0.25) is 5.95 Å². The highest BCUT2D eigenvalue weighted by molar-refractivity contribution is 7.20. The Bertz CT molecular complexity index is 1080. The lowest BCUT2D eigenvalue weighted by Gasteiger charge is -2.15. The molecule has 0 spiro atoms. The molecule has 3 aromatic heterocycles. The number of furan rings is 1. The summed E-state index contributed by atoms with van der Waals surface area (Å²) in [6.07, 6.45) is 1.60. The number of rotatable bonds is 5. The second-order valence-corrected chi connectivity index (χ2v) is 7.57. The number of nitrogens with one attached hydrogen (secondary N) is 1.